The molecule has 0 aromatic heterocycles. The lowest BCUT2D eigenvalue weighted by molar-refractivity contribution is -0.0282. The highest BCUT2D eigenvalue weighted by Crippen LogP contribution is 2.66. The van der Waals surface area contributed by atoms with Crippen LogP contribution in [0.2, 0.25) is 0 Å². The first kappa shape index (κ1) is 10.4. The van der Waals surface area contributed by atoms with Crippen LogP contribution in [0.15, 0.2) is 0 Å². The van der Waals surface area contributed by atoms with E-state index in [1.807, 2.05) is 0 Å². The van der Waals surface area contributed by atoms with Crippen molar-refractivity contribution in [1.82, 2.24) is 4.90 Å². The molecule has 82 valence electrons. The summed E-state index contributed by atoms with van der Waals surface area (Å²) in [7, 11) is 4.16. The molecule has 2 saturated carbocycles. The van der Waals surface area contributed by atoms with Crippen molar-refractivity contribution in [2.24, 2.45) is 17.3 Å². The second-order valence-electron chi connectivity index (χ2n) is 6.24. The Morgan fingerprint density at radius 1 is 1.14 bits per heavy atom. The number of aliphatic hydroxyl groups excluding tert-OH is 1. The molecule has 1 N–H and O–H groups in total. The molecule has 0 aromatic rings. The number of likely N-dealkylation sites (N-methyl/N-ethyl adjacent to an activating group) is 1. The van der Waals surface area contributed by atoms with Gasteiger partial charge in [-0.05, 0) is 51.1 Å². The van der Waals surface area contributed by atoms with E-state index in [0.717, 1.165) is 24.7 Å². The van der Waals surface area contributed by atoms with Crippen LogP contribution in [0.1, 0.15) is 33.6 Å². The van der Waals surface area contributed by atoms with Crippen molar-refractivity contribution in [3.05, 3.63) is 0 Å². The molecule has 4 atom stereocenters. The number of aliphatic hydroxyl groups is 1. The standard InChI is InChI=1S/C12H23NO/c1-11(2)8-6-10(14)12(3,13(4)5)7-9(8)11/h8-10,14H,6-7H2,1-5H3. The lowest BCUT2D eigenvalue weighted by Crippen LogP contribution is -2.53. The monoisotopic (exact) mass is 197 g/mol. The zero-order chi connectivity index (χ0) is 10.7. The Morgan fingerprint density at radius 2 is 1.71 bits per heavy atom. The molecule has 14 heavy (non-hydrogen) atoms. The van der Waals surface area contributed by atoms with Gasteiger partial charge in [0.05, 0.1) is 6.10 Å². The average molecular weight is 197 g/mol. The van der Waals surface area contributed by atoms with E-state index < -0.39 is 0 Å². The Labute approximate surface area is 87.3 Å². The van der Waals surface area contributed by atoms with Crippen molar-refractivity contribution in [2.75, 3.05) is 14.1 Å². The van der Waals surface area contributed by atoms with Crippen LogP contribution in [0.3, 0.4) is 0 Å². The maximum Gasteiger partial charge on any atom is 0.0724 e. The molecule has 0 amide bonds. The SMILES string of the molecule is CN(C)C1(C)CC2C(CC1O)C2(C)C. The summed E-state index contributed by atoms with van der Waals surface area (Å²) in [5, 5.41) is 10.2. The Kier molecular flexibility index (Phi) is 2.04. The molecule has 0 aliphatic heterocycles. The van der Waals surface area contributed by atoms with Gasteiger partial charge in [-0.25, -0.2) is 0 Å². The average Bonchev–Trinajstić information content (AvgIpc) is 2.55. The third-order valence-corrected chi connectivity index (χ3v) is 5.14. The lowest BCUT2D eigenvalue weighted by atomic mass is 9.80. The summed E-state index contributed by atoms with van der Waals surface area (Å²) in [6, 6.07) is 0. The number of hydrogen-bond acceptors (Lipinski definition) is 2. The molecule has 0 heterocycles. The first-order valence-electron chi connectivity index (χ1n) is 5.65. The summed E-state index contributed by atoms with van der Waals surface area (Å²) in [6.07, 6.45) is 1.99. The third kappa shape index (κ3) is 1.17. The van der Waals surface area contributed by atoms with Gasteiger partial charge in [-0.1, -0.05) is 13.8 Å². The van der Waals surface area contributed by atoms with Gasteiger partial charge in [0.25, 0.3) is 0 Å². The smallest absolute Gasteiger partial charge is 0.0724 e. The van der Waals surface area contributed by atoms with Gasteiger partial charge in [0, 0.05) is 5.54 Å². The molecule has 2 fully saturated rings. The fourth-order valence-corrected chi connectivity index (χ4v) is 3.29. The van der Waals surface area contributed by atoms with E-state index in [9.17, 15) is 5.11 Å². The minimum atomic E-state index is -0.152. The number of hydrogen-bond donors (Lipinski definition) is 1. The molecule has 2 aliphatic carbocycles. The largest absolute Gasteiger partial charge is 0.391 e. The zero-order valence-electron chi connectivity index (χ0n) is 10.0. The third-order valence-electron chi connectivity index (χ3n) is 5.14. The van der Waals surface area contributed by atoms with E-state index in [-0.39, 0.29) is 11.6 Å². The van der Waals surface area contributed by atoms with E-state index in [0.29, 0.717) is 5.41 Å². The normalized spacial score (nSPS) is 50.4. The molecule has 0 radical (unpaired) electrons. The Balaban J connectivity index is 2.17. The van der Waals surface area contributed by atoms with Crippen molar-refractivity contribution in [3.8, 4) is 0 Å². The van der Waals surface area contributed by atoms with E-state index >= 15 is 0 Å². The van der Waals surface area contributed by atoms with Crippen LogP contribution in [0.4, 0.5) is 0 Å². The minimum Gasteiger partial charge on any atom is -0.391 e. The molecule has 0 aromatic carbocycles. The van der Waals surface area contributed by atoms with Crippen LogP contribution in [-0.4, -0.2) is 35.7 Å². The van der Waals surface area contributed by atoms with Gasteiger partial charge >= 0.3 is 0 Å². The molecule has 2 heteroatoms. The molecule has 2 aliphatic rings. The topological polar surface area (TPSA) is 23.5 Å². The number of nitrogens with zero attached hydrogens (tertiary/aromatic N) is 1. The molecule has 2 rings (SSSR count). The Hall–Kier alpha value is -0.0800. The van der Waals surface area contributed by atoms with Crippen LogP contribution in [-0.2, 0) is 0 Å². The number of rotatable bonds is 1. The minimum absolute atomic E-state index is 0.00502. The van der Waals surface area contributed by atoms with E-state index in [2.05, 4.69) is 39.8 Å². The van der Waals surface area contributed by atoms with Gasteiger partial charge in [0.15, 0.2) is 0 Å². The Morgan fingerprint density at radius 3 is 2.21 bits per heavy atom. The van der Waals surface area contributed by atoms with Crippen molar-refractivity contribution < 1.29 is 5.11 Å². The molecule has 0 saturated heterocycles. The molecule has 0 spiro atoms. The summed E-state index contributed by atoms with van der Waals surface area (Å²) >= 11 is 0. The van der Waals surface area contributed by atoms with Gasteiger partial charge < -0.3 is 10.0 Å². The van der Waals surface area contributed by atoms with Gasteiger partial charge in [-0.3, -0.25) is 0 Å². The summed E-state index contributed by atoms with van der Waals surface area (Å²) in [5.41, 5.74) is 0.476. The highest BCUT2D eigenvalue weighted by molar-refractivity contribution is 5.14. The van der Waals surface area contributed by atoms with E-state index in [4.69, 9.17) is 0 Å². The number of fused-ring (bicyclic) bond motifs is 1. The van der Waals surface area contributed by atoms with Gasteiger partial charge in [-0.2, -0.15) is 0 Å². The molecular formula is C12H23NO. The quantitative estimate of drug-likeness (QED) is 0.692. The molecule has 2 nitrogen and oxygen atoms in total. The van der Waals surface area contributed by atoms with Gasteiger partial charge in [0.1, 0.15) is 0 Å². The lowest BCUT2D eigenvalue weighted by Gasteiger charge is -2.43. The zero-order valence-corrected chi connectivity index (χ0v) is 10.0. The van der Waals surface area contributed by atoms with E-state index in [1.54, 1.807) is 0 Å². The highest BCUT2D eigenvalue weighted by atomic mass is 16.3. The van der Waals surface area contributed by atoms with Crippen LogP contribution < -0.4 is 0 Å². The highest BCUT2D eigenvalue weighted by Gasteiger charge is 2.64. The molecule has 4 unspecified atom stereocenters. The fourth-order valence-electron chi connectivity index (χ4n) is 3.29. The van der Waals surface area contributed by atoms with Crippen molar-refractivity contribution in [1.29, 1.82) is 0 Å². The van der Waals surface area contributed by atoms with Crippen LogP contribution >= 0.6 is 0 Å². The first-order valence-corrected chi connectivity index (χ1v) is 5.65. The second kappa shape index (κ2) is 2.73. The predicted octanol–water partition coefficient (Wildman–Crippen LogP) is 1.73. The fraction of sp³-hybridized carbons (Fsp3) is 1.00. The Bertz CT molecular complexity index is 249. The van der Waals surface area contributed by atoms with Gasteiger partial charge in [0.2, 0.25) is 0 Å². The van der Waals surface area contributed by atoms with Crippen LogP contribution in [0.25, 0.3) is 0 Å². The van der Waals surface area contributed by atoms with Crippen LogP contribution in [0.5, 0.6) is 0 Å². The first-order chi connectivity index (χ1) is 6.30. The van der Waals surface area contributed by atoms with E-state index in [1.165, 1.54) is 0 Å². The predicted molar refractivity (Wildman–Crippen MR) is 58.1 cm³/mol. The second-order valence-corrected chi connectivity index (χ2v) is 6.24. The van der Waals surface area contributed by atoms with Gasteiger partial charge in [-0.15, -0.1) is 0 Å². The summed E-state index contributed by atoms with van der Waals surface area (Å²) < 4.78 is 0. The van der Waals surface area contributed by atoms with Crippen molar-refractivity contribution >= 4 is 0 Å². The van der Waals surface area contributed by atoms with Crippen LogP contribution in [0, 0.1) is 17.3 Å². The van der Waals surface area contributed by atoms with Crippen molar-refractivity contribution in [2.45, 2.75) is 45.3 Å². The maximum absolute atomic E-state index is 10.2. The summed E-state index contributed by atoms with van der Waals surface area (Å²) in [6.45, 7) is 6.88. The maximum atomic E-state index is 10.2. The summed E-state index contributed by atoms with van der Waals surface area (Å²) in [5.74, 6) is 1.60. The molecule has 0 bridgehead atoms. The molecular weight excluding hydrogens is 174 g/mol. The summed E-state index contributed by atoms with van der Waals surface area (Å²) in [4.78, 5) is 2.20. The van der Waals surface area contributed by atoms with Crippen molar-refractivity contribution in [3.63, 3.8) is 0 Å².